The number of methoxy groups -OCH3 is 1. The Morgan fingerprint density at radius 2 is 2.23 bits per heavy atom. The highest BCUT2D eigenvalue weighted by Gasteiger charge is 2.40. The Kier molecular flexibility index (Phi) is 2.66. The van der Waals surface area contributed by atoms with Crippen LogP contribution in [0.25, 0.3) is 0 Å². The first-order valence-corrected chi connectivity index (χ1v) is 4.64. The molecule has 13 heavy (non-hydrogen) atoms. The van der Waals surface area contributed by atoms with Gasteiger partial charge in [0.15, 0.2) is 0 Å². The molecule has 1 aliphatic rings. The molecule has 0 aromatic heterocycles. The van der Waals surface area contributed by atoms with Crippen LogP contribution < -0.4 is 0 Å². The second-order valence-corrected chi connectivity index (χ2v) is 4.56. The maximum Gasteiger partial charge on any atom is 0.306 e. The molecule has 3 heteroatoms. The van der Waals surface area contributed by atoms with Gasteiger partial charge in [0, 0.05) is 20.0 Å². The van der Waals surface area contributed by atoms with Crippen molar-refractivity contribution >= 4 is 5.97 Å². The van der Waals surface area contributed by atoms with Crippen molar-refractivity contribution in [3.63, 3.8) is 0 Å². The molecule has 1 fully saturated rings. The van der Waals surface area contributed by atoms with Gasteiger partial charge >= 0.3 is 5.97 Å². The van der Waals surface area contributed by atoms with Crippen LogP contribution in [0.2, 0.25) is 0 Å². The van der Waals surface area contributed by atoms with E-state index in [4.69, 9.17) is 9.47 Å². The number of carbonyl (C=O) groups is 1. The number of hydrogen-bond acceptors (Lipinski definition) is 3. The zero-order valence-electron chi connectivity index (χ0n) is 8.85. The van der Waals surface area contributed by atoms with Gasteiger partial charge in [-0.05, 0) is 27.2 Å². The van der Waals surface area contributed by atoms with E-state index >= 15 is 0 Å². The van der Waals surface area contributed by atoms with Crippen LogP contribution in [0.15, 0.2) is 0 Å². The van der Waals surface area contributed by atoms with Crippen LogP contribution in [0, 0.1) is 0 Å². The van der Waals surface area contributed by atoms with Crippen molar-refractivity contribution in [1.29, 1.82) is 0 Å². The molecule has 0 aliphatic carbocycles. The fraction of sp³-hybridized carbons (Fsp3) is 0.900. The SMILES string of the molecule is COC(C)(C)CC1(C)CCC(=O)O1. The highest BCUT2D eigenvalue weighted by molar-refractivity contribution is 5.72. The Morgan fingerprint density at radius 3 is 2.62 bits per heavy atom. The average molecular weight is 186 g/mol. The van der Waals surface area contributed by atoms with E-state index in [-0.39, 0.29) is 17.2 Å². The minimum atomic E-state index is -0.323. The van der Waals surface area contributed by atoms with Crippen molar-refractivity contribution in [2.75, 3.05) is 7.11 Å². The van der Waals surface area contributed by atoms with Crippen molar-refractivity contribution < 1.29 is 14.3 Å². The van der Waals surface area contributed by atoms with Gasteiger partial charge in [-0.25, -0.2) is 0 Å². The molecule has 0 bridgehead atoms. The highest BCUT2D eigenvalue weighted by atomic mass is 16.6. The maximum atomic E-state index is 11.0. The third-order valence-electron chi connectivity index (χ3n) is 2.57. The van der Waals surface area contributed by atoms with Crippen LogP contribution in [0.5, 0.6) is 0 Å². The van der Waals surface area contributed by atoms with Crippen molar-refractivity contribution in [2.24, 2.45) is 0 Å². The topological polar surface area (TPSA) is 35.5 Å². The normalized spacial score (nSPS) is 29.1. The standard InChI is InChI=1S/C10H18O3/c1-9(2,12-4)7-10(3)6-5-8(11)13-10/h5-7H2,1-4H3. The lowest BCUT2D eigenvalue weighted by molar-refractivity contribution is -0.151. The molecule has 1 unspecified atom stereocenters. The van der Waals surface area contributed by atoms with Crippen LogP contribution in [-0.4, -0.2) is 24.3 Å². The van der Waals surface area contributed by atoms with Crippen LogP contribution >= 0.6 is 0 Å². The molecule has 0 aromatic carbocycles. The largest absolute Gasteiger partial charge is 0.459 e. The number of rotatable bonds is 3. The van der Waals surface area contributed by atoms with E-state index < -0.39 is 0 Å². The molecule has 3 nitrogen and oxygen atoms in total. The van der Waals surface area contributed by atoms with Crippen LogP contribution in [-0.2, 0) is 14.3 Å². The molecule has 0 N–H and O–H groups in total. The minimum absolute atomic E-state index is 0.0885. The molecule has 0 aromatic rings. The van der Waals surface area contributed by atoms with E-state index in [0.29, 0.717) is 6.42 Å². The monoisotopic (exact) mass is 186 g/mol. The summed E-state index contributed by atoms with van der Waals surface area (Å²) in [6.07, 6.45) is 2.09. The van der Waals surface area contributed by atoms with Crippen LogP contribution in [0.1, 0.15) is 40.0 Å². The van der Waals surface area contributed by atoms with Gasteiger partial charge in [-0.2, -0.15) is 0 Å². The summed E-state index contributed by atoms with van der Waals surface area (Å²) in [4.78, 5) is 11.0. The third-order valence-corrected chi connectivity index (χ3v) is 2.57. The molecular weight excluding hydrogens is 168 g/mol. The van der Waals surface area contributed by atoms with E-state index in [1.165, 1.54) is 0 Å². The summed E-state index contributed by atoms with van der Waals surface area (Å²) in [6.45, 7) is 5.98. The Morgan fingerprint density at radius 1 is 1.62 bits per heavy atom. The number of ether oxygens (including phenoxy) is 2. The molecule has 0 spiro atoms. The van der Waals surface area contributed by atoms with Crippen LogP contribution in [0.3, 0.4) is 0 Å². The molecule has 1 saturated heterocycles. The Hall–Kier alpha value is -0.570. The first-order chi connectivity index (χ1) is 5.87. The van der Waals surface area contributed by atoms with E-state index in [1.54, 1.807) is 7.11 Å². The van der Waals surface area contributed by atoms with Crippen molar-refractivity contribution in [3.05, 3.63) is 0 Å². The summed E-state index contributed by atoms with van der Waals surface area (Å²) in [6, 6.07) is 0. The second-order valence-electron chi connectivity index (χ2n) is 4.56. The lowest BCUT2D eigenvalue weighted by Crippen LogP contribution is -2.36. The van der Waals surface area contributed by atoms with Crippen molar-refractivity contribution in [3.8, 4) is 0 Å². The van der Waals surface area contributed by atoms with Gasteiger partial charge in [-0.3, -0.25) is 4.79 Å². The van der Waals surface area contributed by atoms with Gasteiger partial charge in [0.2, 0.25) is 0 Å². The average Bonchev–Trinajstić information content (AvgIpc) is 2.30. The smallest absolute Gasteiger partial charge is 0.306 e. The maximum absolute atomic E-state index is 11.0. The van der Waals surface area contributed by atoms with Crippen LogP contribution in [0.4, 0.5) is 0 Å². The Labute approximate surface area is 79.4 Å². The zero-order valence-corrected chi connectivity index (χ0v) is 8.85. The third kappa shape index (κ3) is 2.69. The summed E-state index contributed by atoms with van der Waals surface area (Å²) in [7, 11) is 1.68. The van der Waals surface area contributed by atoms with Crippen molar-refractivity contribution in [2.45, 2.75) is 51.2 Å². The molecular formula is C10H18O3. The molecule has 1 heterocycles. The Bertz CT molecular complexity index is 210. The molecule has 0 amide bonds. The summed E-state index contributed by atoms with van der Waals surface area (Å²) < 4.78 is 10.6. The molecule has 76 valence electrons. The number of hydrogen-bond donors (Lipinski definition) is 0. The van der Waals surface area contributed by atoms with E-state index in [9.17, 15) is 4.79 Å². The minimum Gasteiger partial charge on any atom is -0.459 e. The molecule has 0 radical (unpaired) electrons. The first-order valence-electron chi connectivity index (χ1n) is 4.64. The van der Waals surface area contributed by atoms with E-state index in [1.807, 2.05) is 20.8 Å². The van der Waals surface area contributed by atoms with E-state index in [2.05, 4.69) is 0 Å². The first kappa shape index (κ1) is 10.5. The summed E-state index contributed by atoms with van der Waals surface area (Å²) >= 11 is 0. The highest BCUT2D eigenvalue weighted by Crippen LogP contribution is 2.34. The van der Waals surface area contributed by atoms with Gasteiger partial charge in [-0.15, -0.1) is 0 Å². The lowest BCUT2D eigenvalue weighted by Gasteiger charge is -2.32. The van der Waals surface area contributed by atoms with Gasteiger partial charge in [0.1, 0.15) is 5.60 Å². The van der Waals surface area contributed by atoms with Gasteiger partial charge in [0.05, 0.1) is 5.60 Å². The summed E-state index contributed by atoms with van der Waals surface area (Å²) in [5.74, 6) is -0.0885. The second kappa shape index (κ2) is 3.29. The molecule has 1 aliphatic heterocycles. The summed E-state index contributed by atoms with van der Waals surface area (Å²) in [5, 5.41) is 0. The number of carbonyl (C=O) groups excluding carboxylic acids is 1. The predicted molar refractivity (Wildman–Crippen MR) is 49.4 cm³/mol. The number of cyclic esters (lactones) is 1. The molecule has 1 rings (SSSR count). The quantitative estimate of drug-likeness (QED) is 0.631. The zero-order chi connectivity index (χ0) is 10.1. The van der Waals surface area contributed by atoms with Gasteiger partial charge in [-0.1, -0.05) is 0 Å². The molecule has 0 saturated carbocycles. The molecule has 1 atom stereocenters. The van der Waals surface area contributed by atoms with Crippen molar-refractivity contribution in [1.82, 2.24) is 0 Å². The Balaban J connectivity index is 2.57. The fourth-order valence-corrected chi connectivity index (χ4v) is 1.84. The van der Waals surface area contributed by atoms with Gasteiger partial charge in [0.25, 0.3) is 0 Å². The van der Waals surface area contributed by atoms with E-state index in [0.717, 1.165) is 12.8 Å². The summed E-state index contributed by atoms with van der Waals surface area (Å²) in [5.41, 5.74) is -0.546. The lowest BCUT2D eigenvalue weighted by atomic mass is 9.88. The van der Waals surface area contributed by atoms with Gasteiger partial charge < -0.3 is 9.47 Å². The fourth-order valence-electron chi connectivity index (χ4n) is 1.84. The number of esters is 1. The predicted octanol–water partition coefficient (Wildman–Crippen LogP) is 1.90.